The van der Waals surface area contributed by atoms with E-state index in [2.05, 4.69) is 16.0 Å². The number of rotatable bonds is 9. The van der Waals surface area contributed by atoms with Crippen molar-refractivity contribution in [1.29, 1.82) is 0 Å². The molecule has 0 saturated heterocycles. The summed E-state index contributed by atoms with van der Waals surface area (Å²) in [6.07, 6.45) is 0. The normalized spacial score (nSPS) is 10.1. The molecule has 1 aromatic rings. The number of anilines is 1. The minimum Gasteiger partial charge on any atom is -0.383 e. The highest BCUT2D eigenvalue weighted by molar-refractivity contribution is 5.96. The quantitative estimate of drug-likeness (QED) is 0.596. The van der Waals surface area contributed by atoms with Gasteiger partial charge in [-0.2, -0.15) is 0 Å². The molecule has 23 heavy (non-hydrogen) atoms. The number of nitrogens with one attached hydrogen (secondary N) is 3. The highest BCUT2D eigenvalue weighted by Gasteiger charge is 2.08. The van der Waals surface area contributed by atoms with Gasteiger partial charge >= 0.3 is 0 Å². The second kappa shape index (κ2) is 11.9. The average Bonchev–Trinajstić information content (AvgIpc) is 2.51. The Morgan fingerprint density at radius 1 is 1.09 bits per heavy atom. The first-order valence-corrected chi connectivity index (χ1v) is 7.43. The van der Waals surface area contributed by atoms with E-state index in [-0.39, 0.29) is 30.1 Å². The first-order chi connectivity index (χ1) is 10.5. The van der Waals surface area contributed by atoms with Crippen LogP contribution in [0.4, 0.5) is 5.69 Å². The molecule has 0 saturated carbocycles. The van der Waals surface area contributed by atoms with Crippen molar-refractivity contribution in [3.8, 4) is 0 Å². The second-order valence-electron chi connectivity index (χ2n) is 5.22. The van der Waals surface area contributed by atoms with Crippen LogP contribution in [0.25, 0.3) is 0 Å². The van der Waals surface area contributed by atoms with Crippen molar-refractivity contribution in [3.05, 3.63) is 29.8 Å². The van der Waals surface area contributed by atoms with Gasteiger partial charge in [-0.3, -0.25) is 9.59 Å². The number of benzene rings is 1. The monoisotopic (exact) mass is 343 g/mol. The van der Waals surface area contributed by atoms with E-state index in [0.717, 1.165) is 6.54 Å². The first-order valence-electron chi connectivity index (χ1n) is 7.43. The van der Waals surface area contributed by atoms with Crippen molar-refractivity contribution >= 4 is 29.9 Å². The molecule has 0 atom stereocenters. The van der Waals surface area contributed by atoms with Gasteiger partial charge in [0.1, 0.15) is 0 Å². The van der Waals surface area contributed by atoms with Crippen LogP contribution in [-0.4, -0.2) is 45.2 Å². The largest absolute Gasteiger partial charge is 0.383 e. The molecule has 1 aromatic carbocycles. The molecule has 0 bridgehead atoms. The lowest BCUT2D eigenvalue weighted by atomic mass is 10.1. The average molecular weight is 344 g/mol. The maximum absolute atomic E-state index is 11.9. The van der Waals surface area contributed by atoms with Crippen LogP contribution in [-0.2, 0) is 9.53 Å². The zero-order valence-electron chi connectivity index (χ0n) is 13.8. The molecule has 0 spiro atoms. The first kappa shape index (κ1) is 21.4. The number of hydrogen-bond donors (Lipinski definition) is 3. The van der Waals surface area contributed by atoms with E-state index >= 15 is 0 Å². The number of methoxy groups -OCH3 is 1. The van der Waals surface area contributed by atoms with Gasteiger partial charge in [0.25, 0.3) is 5.91 Å². The number of ether oxygens (including phenoxy) is 1. The summed E-state index contributed by atoms with van der Waals surface area (Å²) in [4.78, 5) is 23.5. The number of halogens is 1. The predicted molar refractivity (Wildman–Crippen MR) is 94.2 cm³/mol. The van der Waals surface area contributed by atoms with Crippen LogP contribution in [0.5, 0.6) is 0 Å². The summed E-state index contributed by atoms with van der Waals surface area (Å²) < 4.78 is 4.91. The van der Waals surface area contributed by atoms with Gasteiger partial charge in [-0.15, -0.1) is 12.4 Å². The molecule has 7 heteroatoms. The second-order valence-corrected chi connectivity index (χ2v) is 5.22. The molecule has 0 unspecified atom stereocenters. The standard InChI is InChI=1S/C16H25N3O3.ClH/c1-12(2)15(20)19-14-6-4-13(5-7-14)16(21)18-9-8-17-10-11-22-3;/h4-7,12,17H,8-11H2,1-3H3,(H,18,21)(H,19,20);1H. The highest BCUT2D eigenvalue weighted by Crippen LogP contribution is 2.10. The molecule has 0 radical (unpaired) electrons. The molecular formula is C16H26ClN3O3. The molecule has 0 aromatic heterocycles. The Morgan fingerprint density at radius 3 is 2.30 bits per heavy atom. The Kier molecular flexibility index (Phi) is 11.0. The summed E-state index contributed by atoms with van der Waals surface area (Å²) in [6.45, 7) is 6.32. The van der Waals surface area contributed by atoms with Crippen molar-refractivity contribution in [1.82, 2.24) is 10.6 Å². The van der Waals surface area contributed by atoms with Gasteiger partial charge in [0.15, 0.2) is 0 Å². The topological polar surface area (TPSA) is 79.5 Å². The van der Waals surface area contributed by atoms with Crippen LogP contribution in [0.1, 0.15) is 24.2 Å². The van der Waals surface area contributed by atoms with Gasteiger partial charge in [-0.1, -0.05) is 13.8 Å². The molecule has 2 amide bonds. The van der Waals surface area contributed by atoms with Crippen LogP contribution in [0, 0.1) is 5.92 Å². The van der Waals surface area contributed by atoms with Gasteiger partial charge in [-0.05, 0) is 24.3 Å². The van der Waals surface area contributed by atoms with E-state index in [9.17, 15) is 9.59 Å². The maximum atomic E-state index is 11.9. The Balaban J connectivity index is 0.00000484. The highest BCUT2D eigenvalue weighted by atomic mass is 35.5. The lowest BCUT2D eigenvalue weighted by molar-refractivity contribution is -0.118. The van der Waals surface area contributed by atoms with Crippen LogP contribution >= 0.6 is 12.4 Å². The summed E-state index contributed by atoms with van der Waals surface area (Å²) >= 11 is 0. The van der Waals surface area contributed by atoms with Gasteiger partial charge in [0.05, 0.1) is 6.61 Å². The summed E-state index contributed by atoms with van der Waals surface area (Å²) in [5.74, 6) is -0.247. The predicted octanol–water partition coefficient (Wildman–Crippen LogP) is 1.67. The summed E-state index contributed by atoms with van der Waals surface area (Å²) in [7, 11) is 1.65. The Hall–Kier alpha value is -1.63. The maximum Gasteiger partial charge on any atom is 0.251 e. The van der Waals surface area contributed by atoms with Crippen LogP contribution in [0.15, 0.2) is 24.3 Å². The van der Waals surface area contributed by atoms with Crippen molar-refractivity contribution in [2.24, 2.45) is 5.92 Å². The number of carbonyl (C=O) groups excluding carboxylic acids is 2. The van der Waals surface area contributed by atoms with E-state index in [4.69, 9.17) is 4.74 Å². The van der Waals surface area contributed by atoms with Gasteiger partial charge in [0.2, 0.25) is 5.91 Å². The molecular weight excluding hydrogens is 318 g/mol. The fourth-order valence-electron chi connectivity index (χ4n) is 1.66. The number of hydrogen-bond acceptors (Lipinski definition) is 4. The van der Waals surface area contributed by atoms with Crippen LogP contribution < -0.4 is 16.0 Å². The summed E-state index contributed by atoms with van der Waals surface area (Å²) in [5, 5.41) is 8.76. The third-order valence-electron chi connectivity index (χ3n) is 3.01. The molecule has 0 aliphatic rings. The summed E-state index contributed by atoms with van der Waals surface area (Å²) in [6, 6.07) is 6.85. The van der Waals surface area contributed by atoms with E-state index in [0.29, 0.717) is 30.9 Å². The lowest BCUT2D eigenvalue weighted by Crippen LogP contribution is -2.33. The summed E-state index contributed by atoms with van der Waals surface area (Å²) in [5.41, 5.74) is 1.26. The fourth-order valence-corrected chi connectivity index (χ4v) is 1.66. The fraction of sp³-hybridized carbons (Fsp3) is 0.500. The zero-order valence-corrected chi connectivity index (χ0v) is 14.7. The molecule has 0 aliphatic heterocycles. The third-order valence-corrected chi connectivity index (χ3v) is 3.01. The van der Waals surface area contributed by atoms with Crippen molar-refractivity contribution < 1.29 is 14.3 Å². The SMILES string of the molecule is COCCNCCNC(=O)c1ccc(NC(=O)C(C)C)cc1.Cl. The molecule has 0 heterocycles. The van der Waals surface area contributed by atoms with E-state index in [1.807, 2.05) is 13.8 Å². The van der Waals surface area contributed by atoms with E-state index < -0.39 is 0 Å². The van der Waals surface area contributed by atoms with Crippen molar-refractivity contribution in [2.75, 3.05) is 38.7 Å². The molecule has 0 fully saturated rings. The molecule has 6 nitrogen and oxygen atoms in total. The molecule has 1 rings (SSSR count). The van der Waals surface area contributed by atoms with Gasteiger partial charge in [-0.25, -0.2) is 0 Å². The van der Waals surface area contributed by atoms with E-state index in [1.54, 1.807) is 31.4 Å². The molecule has 130 valence electrons. The van der Waals surface area contributed by atoms with E-state index in [1.165, 1.54) is 0 Å². The minimum atomic E-state index is -0.129. The number of carbonyl (C=O) groups is 2. The molecule has 0 aliphatic carbocycles. The minimum absolute atomic E-state index is 0. The van der Waals surface area contributed by atoms with Crippen molar-refractivity contribution in [3.63, 3.8) is 0 Å². The number of amides is 2. The lowest BCUT2D eigenvalue weighted by Gasteiger charge is -2.09. The zero-order chi connectivity index (χ0) is 16.4. The van der Waals surface area contributed by atoms with Gasteiger partial charge < -0.3 is 20.7 Å². The Bertz CT molecular complexity index is 478. The van der Waals surface area contributed by atoms with Crippen LogP contribution in [0.2, 0.25) is 0 Å². The Morgan fingerprint density at radius 2 is 1.74 bits per heavy atom. The molecule has 3 N–H and O–H groups in total. The van der Waals surface area contributed by atoms with Crippen LogP contribution in [0.3, 0.4) is 0 Å². The van der Waals surface area contributed by atoms with Gasteiger partial charge in [0, 0.05) is 43.9 Å². The smallest absolute Gasteiger partial charge is 0.251 e. The third kappa shape index (κ3) is 8.54. The van der Waals surface area contributed by atoms with Crippen molar-refractivity contribution in [2.45, 2.75) is 13.8 Å². The Labute approximate surface area is 143 Å².